The molecule has 0 saturated carbocycles. The summed E-state index contributed by atoms with van der Waals surface area (Å²) in [6.07, 6.45) is 3.99. The first-order valence-electron chi connectivity index (χ1n) is 8.30. The van der Waals surface area contributed by atoms with E-state index in [-0.39, 0.29) is 6.10 Å². The standard InChI is InChI=1S/C20H25NO/c1-15-11-12-18(14-19(15)17-8-4-3-5-9-17)22-16(2)20-10-6-7-13-21-20/h3-5,8-9,11-12,14,16,20-21H,6-7,10,13H2,1-2H3. The van der Waals surface area contributed by atoms with Gasteiger partial charge in [0, 0.05) is 6.04 Å². The molecule has 3 rings (SSSR count). The molecular formula is C20H25NO. The molecule has 1 fully saturated rings. The predicted molar refractivity (Wildman–Crippen MR) is 92.3 cm³/mol. The Labute approximate surface area is 133 Å². The minimum Gasteiger partial charge on any atom is -0.489 e. The highest BCUT2D eigenvalue weighted by atomic mass is 16.5. The zero-order chi connectivity index (χ0) is 15.4. The van der Waals surface area contributed by atoms with Gasteiger partial charge in [-0.3, -0.25) is 0 Å². The van der Waals surface area contributed by atoms with Gasteiger partial charge in [0.15, 0.2) is 0 Å². The summed E-state index contributed by atoms with van der Waals surface area (Å²) in [5, 5.41) is 3.57. The average Bonchev–Trinajstić information content (AvgIpc) is 2.58. The molecule has 0 aliphatic carbocycles. The SMILES string of the molecule is Cc1ccc(OC(C)C2CCCCN2)cc1-c1ccccc1. The molecule has 2 aromatic rings. The fourth-order valence-electron chi connectivity index (χ4n) is 3.18. The predicted octanol–water partition coefficient (Wildman–Crippen LogP) is 4.57. The fourth-order valence-corrected chi connectivity index (χ4v) is 3.18. The summed E-state index contributed by atoms with van der Waals surface area (Å²) in [6.45, 7) is 5.44. The fraction of sp³-hybridized carbons (Fsp3) is 0.400. The Morgan fingerprint density at radius 1 is 1.09 bits per heavy atom. The van der Waals surface area contributed by atoms with Crippen LogP contribution in [0.3, 0.4) is 0 Å². The number of aryl methyl sites for hydroxylation is 1. The Kier molecular flexibility index (Phi) is 4.79. The smallest absolute Gasteiger partial charge is 0.120 e. The Balaban J connectivity index is 1.77. The molecule has 1 N–H and O–H groups in total. The molecular weight excluding hydrogens is 270 g/mol. The molecule has 2 nitrogen and oxygen atoms in total. The van der Waals surface area contributed by atoms with Crippen molar-refractivity contribution in [1.82, 2.24) is 5.32 Å². The molecule has 0 amide bonds. The van der Waals surface area contributed by atoms with Crippen molar-refractivity contribution in [2.24, 2.45) is 0 Å². The van der Waals surface area contributed by atoms with Crippen LogP contribution in [0.4, 0.5) is 0 Å². The molecule has 2 heteroatoms. The molecule has 1 saturated heterocycles. The third-order valence-corrected chi connectivity index (χ3v) is 4.53. The van der Waals surface area contributed by atoms with E-state index >= 15 is 0 Å². The second kappa shape index (κ2) is 6.97. The van der Waals surface area contributed by atoms with Gasteiger partial charge >= 0.3 is 0 Å². The van der Waals surface area contributed by atoms with E-state index in [1.54, 1.807) is 0 Å². The minimum absolute atomic E-state index is 0.201. The van der Waals surface area contributed by atoms with Gasteiger partial charge in [0.25, 0.3) is 0 Å². The molecule has 0 radical (unpaired) electrons. The van der Waals surface area contributed by atoms with Gasteiger partial charge in [-0.05, 0) is 62.1 Å². The Bertz CT molecular complexity index is 602. The Hall–Kier alpha value is -1.80. The largest absolute Gasteiger partial charge is 0.489 e. The van der Waals surface area contributed by atoms with Crippen LogP contribution in [0.2, 0.25) is 0 Å². The van der Waals surface area contributed by atoms with E-state index in [9.17, 15) is 0 Å². The van der Waals surface area contributed by atoms with Gasteiger partial charge in [-0.25, -0.2) is 0 Å². The first-order chi connectivity index (χ1) is 10.7. The quantitative estimate of drug-likeness (QED) is 0.892. The van der Waals surface area contributed by atoms with Gasteiger partial charge in [-0.1, -0.05) is 42.8 Å². The van der Waals surface area contributed by atoms with Crippen molar-refractivity contribution in [3.63, 3.8) is 0 Å². The van der Waals surface area contributed by atoms with E-state index < -0.39 is 0 Å². The van der Waals surface area contributed by atoms with Crippen molar-refractivity contribution in [3.05, 3.63) is 54.1 Å². The number of nitrogens with one attached hydrogen (secondary N) is 1. The molecule has 2 unspecified atom stereocenters. The second-order valence-corrected chi connectivity index (χ2v) is 6.22. The van der Waals surface area contributed by atoms with Gasteiger partial charge in [0.05, 0.1) is 0 Å². The molecule has 1 aliphatic heterocycles. The highest BCUT2D eigenvalue weighted by Gasteiger charge is 2.21. The van der Waals surface area contributed by atoms with Crippen molar-refractivity contribution in [3.8, 4) is 16.9 Å². The van der Waals surface area contributed by atoms with Crippen LogP contribution in [0.15, 0.2) is 48.5 Å². The third-order valence-electron chi connectivity index (χ3n) is 4.53. The van der Waals surface area contributed by atoms with Crippen LogP contribution < -0.4 is 10.1 Å². The number of ether oxygens (including phenoxy) is 1. The maximum Gasteiger partial charge on any atom is 0.120 e. The first kappa shape index (κ1) is 15.1. The topological polar surface area (TPSA) is 21.3 Å². The van der Waals surface area contributed by atoms with E-state index in [2.05, 4.69) is 67.7 Å². The van der Waals surface area contributed by atoms with Gasteiger partial charge < -0.3 is 10.1 Å². The summed E-state index contributed by atoms with van der Waals surface area (Å²) in [7, 11) is 0. The number of hydrogen-bond acceptors (Lipinski definition) is 2. The van der Waals surface area contributed by atoms with E-state index in [4.69, 9.17) is 4.74 Å². The molecule has 0 spiro atoms. The third kappa shape index (κ3) is 3.50. The van der Waals surface area contributed by atoms with Crippen LogP contribution >= 0.6 is 0 Å². The average molecular weight is 295 g/mol. The van der Waals surface area contributed by atoms with E-state index in [1.165, 1.54) is 36.0 Å². The van der Waals surface area contributed by atoms with Gasteiger partial charge in [0.2, 0.25) is 0 Å². The van der Waals surface area contributed by atoms with Crippen LogP contribution in [0.5, 0.6) is 5.75 Å². The molecule has 0 bridgehead atoms. The van der Waals surface area contributed by atoms with Crippen molar-refractivity contribution >= 4 is 0 Å². The minimum atomic E-state index is 0.201. The lowest BCUT2D eigenvalue weighted by atomic mass is 9.99. The van der Waals surface area contributed by atoms with Crippen LogP contribution in [-0.2, 0) is 0 Å². The number of hydrogen-bond donors (Lipinski definition) is 1. The summed E-state index contributed by atoms with van der Waals surface area (Å²) in [4.78, 5) is 0. The highest BCUT2D eigenvalue weighted by molar-refractivity contribution is 5.68. The molecule has 1 heterocycles. The molecule has 116 valence electrons. The highest BCUT2D eigenvalue weighted by Crippen LogP contribution is 2.28. The normalized spacial score (nSPS) is 19.6. The number of rotatable bonds is 4. The van der Waals surface area contributed by atoms with E-state index in [1.807, 2.05) is 0 Å². The maximum absolute atomic E-state index is 6.21. The van der Waals surface area contributed by atoms with Crippen LogP contribution in [0.1, 0.15) is 31.7 Å². The lowest BCUT2D eigenvalue weighted by Crippen LogP contribution is -2.44. The number of benzene rings is 2. The number of piperidine rings is 1. The van der Waals surface area contributed by atoms with Crippen LogP contribution in [0.25, 0.3) is 11.1 Å². The zero-order valence-electron chi connectivity index (χ0n) is 13.5. The first-order valence-corrected chi connectivity index (χ1v) is 8.30. The molecule has 2 aromatic carbocycles. The lowest BCUT2D eigenvalue weighted by Gasteiger charge is -2.29. The molecule has 0 aromatic heterocycles. The Morgan fingerprint density at radius 2 is 1.91 bits per heavy atom. The van der Waals surface area contributed by atoms with Crippen LogP contribution in [-0.4, -0.2) is 18.7 Å². The van der Waals surface area contributed by atoms with E-state index in [0.29, 0.717) is 6.04 Å². The molecule has 22 heavy (non-hydrogen) atoms. The summed E-state index contributed by atoms with van der Waals surface area (Å²) in [5.41, 5.74) is 3.78. The summed E-state index contributed by atoms with van der Waals surface area (Å²) in [6, 6.07) is 17.4. The monoisotopic (exact) mass is 295 g/mol. The van der Waals surface area contributed by atoms with Crippen molar-refractivity contribution < 1.29 is 4.74 Å². The zero-order valence-corrected chi connectivity index (χ0v) is 13.5. The lowest BCUT2D eigenvalue weighted by molar-refractivity contribution is 0.153. The van der Waals surface area contributed by atoms with Gasteiger partial charge in [0.1, 0.15) is 11.9 Å². The van der Waals surface area contributed by atoms with Crippen molar-refractivity contribution in [1.29, 1.82) is 0 Å². The van der Waals surface area contributed by atoms with Gasteiger partial charge in [-0.2, -0.15) is 0 Å². The summed E-state index contributed by atoms with van der Waals surface area (Å²) < 4.78 is 6.21. The van der Waals surface area contributed by atoms with Gasteiger partial charge in [-0.15, -0.1) is 0 Å². The maximum atomic E-state index is 6.21. The Morgan fingerprint density at radius 3 is 2.64 bits per heavy atom. The summed E-state index contributed by atoms with van der Waals surface area (Å²) >= 11 is 0. The second-order valence-electron chi connectivity index (χ2n) is 6.22. The van der Waals surface area contributed by atoms with Crippen molar-refractivity contribution in [2.75, 3.05) is 6.54 Å². The molecule has 1 aliphatic rings. The summed E-state index contributed by atoms with van der Waals surface area (Å²) in [5.74, 6) is 0.962. The molecule has 2 atom stereocenters. The van der Waals surface area contributed by atoms with Crippen molar-refractivity contribution in [2.45, 2.75) is 45.3 Å². The van der Waals surface area contributed by atoms with E-state index in [0.717, 1.165) is 12.3 Å². The van der Waals surface area contributed by atoms with Crippen LogP contribution in [0, 0.1) is 6.92 Å².